The average molecular weight is 242 g/mol. The first-order valence-corrected chi connectivity index (χ1v) is 7.22. The second-order valence-electron chi connectivity index (χ2n) is 4.49. The molecule has 0 spiro atoms. The summed E-state index contributed by atoms with van der Waals surface area (Å²) in [6.07, 6.45) is 2.41. The molecule has 0 saturated carbocycles. The van der Waals surface area contributed by atoms with Crippen LogP contribution in [-0.2, 0) is 0 Å². The van der Waals surface area contributed by atoms with Crippen LogP contribution in [0.5, 0.6) is 0 Å². The van der Waals surface area contributed by atoms with E-state index in [2.05, 4.69) is 44.5 Å². The highest BCUT2D eigenvalue weighted by Gasteiger charge is 2.08. The molecule has 0 aromatic heterocycles. The first-order chi connectivity index (χ1) is 8.11. The van der Waals surface area contributed by atoms with E-state index >= 15 is 0 Å². The predicted octanol–water partition coefficient (Wildman–Crippen LogP) is 3.89. The average Bonchev–Trinajstić information content (AvgIpc) is 2.31. The maximum absolute atomic E-state index is 4.03. The minimum Gasteiger partial charge on any atom is -0.375 e. The van der Waals surface area contributed by atoms with Gasteiger partial charge in [-0.1, -0.05) is 41.2 Å². The van der Waals surface area contributed by atoms with Gasteiger partial charge in [-0.2, -0.15) is 0 Å². The molecule has 1 atom stereocenters. The predicted molar refractivity (Wildman–Crippen MR) is 80.4 cm³/mol. The lowest BCUT2D eigenvalue weighted by molar-refractivity contribution is 0.291. The standard InChI is InChI=1S/C13H28N2.C2H6/c1-6-8-14-10-13(5)11-15(9-7-2)12(3)4;1-2/h13-14H,3,6-11H2,1-2,4-5H3;1-2H3. The van der Waals surface area contributed by atoms with E-state index in [1.165, 1.54) is 18.5 Å². The molecular formula is C15H34N2. The van der Waals surface area contributed by atoms with Gasteiger partial charge in [0.25, 0.3) is 0 Å². The smallest absolute Gasteiger partial charge is 0.0212 e. The zero-order chi connectivity index (χ0) is 13.7. The number of hydrogen-bond acceptors (Lipinski definition) is 2. The Kier molecular flexibility index (Phi) is 15.0. The third-order valence-electron chi connectivity index (χ3n) is 2.48. The van der Waals surface area contributed by atoms with E-state index in [1.807, 2.05) is 13.8 Å². The molecule has 17 heavy (non-hydrogen) atoms. The number of allylic oxidation sites excluding steroid dienone is 1. The molecule has 1 unspecified atom stereocenters. The normalized spacial score (nSPS) is 11.4. The van der Waals surface area contributed by atoms with Gasteiger partial charge in [-0.25, -0.2) is 0 Å². The summed E-state index contributed by atoms with van der Waals surface area (Å²) < 4.78 is 0. The van der Waals surface area contributed by atoms with Gasteiger partial charge < -0.3 is 10.2 Å². The van der Waals surface area contributed by atoms with Crippen molar-refractivity contribution in [3.8, 4) is 0 Å². The molecule has 0 fully saturated rings. The van der Waals surface area contributed by atoms with Crippen molar-refractivity contribution in [1.29, 1.82) is 0 Å². The number of rotatable bonds is 9. The minimum atomic E-state index is 0.694. The van der Waals surface area contributed by atoms with Crippen molar-refractivity contribution < 1.29 is 0 Å². The maximum Gasteiger partial charge on any atom is 0.0212 e. The molecule has 0 bridgehead atoms. The second-order valence-corrected chi connectivity index (χ2v) is 4.49. The van der Waals surface area contributed by atoms with Gasteiger partial charge in [0, 0.05) is 18.8 Å². The molecule has 0 aromatic carbocycles. The zero-order valence-electron chi connectivity index (χ0n) is 13.0. The largest absolute Gasteiger partial charge is 0.375 e. The van der Waals surface area contributed by atoms with Gasteiger partial charge in [0.05, 0.1) is 0 Å². The fourth-order valence-electron chi connectivity index (χ4n) is 1.67. The van der Waals surface area contributed by atoms with Crippen LogP contribution in [0.2, 0.25) is 0 Å². The van der Waals surface area contributed by atoms with Crippen LogP contribution in [-0.4, -0.2) is 31.1 Å². The Labute approximate surface area is 109 Å². The summed E-state index contributed by atoms with van der Waals surface area (Å²) in [7, 11) is 0. The number of nitrogens with one attached hydrogen (secondary N) is 1. The Hall–Kier alpha value is -0.500. The van der Waals surface area contributed by atoms with Crippen LogP contribution in [0.3, 0.4) is 0 Å². The highest BCUT2D eigenvalue weighted by atomic mass is 15.1. The lowest BCUT2D eigenvalue weighted by Crippen LogP contribution is -2.33. The van der Waals surface area contributed by atoms with Crippen LogP contribution in [0.1, 0.15) is 54.4 Å². The topological polar surface area (TPSA) is 15.3 Å². The third-order valence-corrected chi connectivity index (χ3v) is 2.48. The van der Waals surface area contributed by atoms with Crippen molar-refractivity contribution in [3.05, 3.63) is 12.3 Å². The molecular weight excluding hydrogens is 208 g/mol. The highest BCUT2D eigenvalue weighted by molar-refractivity contribution is 4.89. The van der Waals surface area contributed by atoms with E-state index in [9.17, 15) is 0 Å². The maximum atomic E-state index is 4.03. The molecule has 104 valence electrons. The van der Waals surface area contributed by atoms with Gasteiger partial charge in [0.2, 0.25) is 0 Å². The molecule has 0 aliphatic carbocycles. The van der Waals surface area contributed by atoms with Gasteiger partial charge in [0.1, 0.15) is 0 Å². The van der Waals surface area contributed by atoms with E-state index in [4.69, 9.17) is 0 Å². The molecule has 0 heterocycles. The van der Waals surface area contributed by atoms with E-state index in [-0.39, 0.29) is 0 Å². The number of hydrogen-bond donors (Lipinski definition) is 1. The summed E-state index contributed by atoms with van der Waals surface area (Å²) in [6.45, 7) is 21.3. The minimum absolute atomic E-state index is 0.694. The van der Waals surface area contributed by atoms with Gasteiger partial charge in [0.15, 0.2) is 0 Å². The summed E-state index contributed by atoms with van der Waals surface area (Å²) in [6, 6.07) is 0. The summed E-state index contributed by atoms with van der Waals surface area (Å²) in [5.41, 5.74) is 1.19. The Morgan fingerprint density at radius 1 is 1.24 bits per heavy atom. The molecule has 0 saturated heterocycles. The van der Waals surface area contributed by atoms with Crippen LogP contribution in [0.25, 0.3) is 0 Å². The van der Waals surface area contributed by atoms with Crippen molar-refractivity contribution in [2.75, 3.05) is 26.2 Å². The Balaban J connectivity index is 0. The SMILES string of the molecule is C=C(C)N(CCC)CC(C)CNCCC.CC. The van der Waals surface area contributed by atoms with E-state index < -0.39 is 0 Å². The monoisotopic (exact) mass is 242 g/mol. The van der Waals surface area contributed by atoms with Gasteiger partial charge in [-0.05, 0) is 38.8 Å². The molecule has 0 aromatic rings. The van der Waals surface area contributed by atoms with Gasteiger partial charge in [-0.15, -0.1) is 0 Å². The van der Waals surface area contributed by atoms with Crippen LogP contribution in [0.4, 0.5) is 0 Å². The molecule has 0 aliphatic rings. The lowest BCUT2D eigenvalue weighted by Gasteiger charge is -2.27. The quantitative estimate of drug-likeness (QED) is 0.617. The highest BCUT2D eigenvalue weighted by Crippen LogP contribution is 2.06. The van der Waals surface area contributed by atoms with Crippen LogP contribution >= 0.6 is 0 Å². The molecule has 0 amide bonds. The third kappa shape index (κ3) is 11.8. The van der Waals surface area contributed by atoms with Crippen molar-refractivity contribution in [2.24, 2.45) is 5.92 Å². The van der Waals surface area contributed by atoms with Crippen molar-refractivity contribution >= 4 is 0 Å². The summed E-state index contributed by atoms with van der Waals surface area (Å²) in [5, 5.41) is 3.46. The summed E-state index contributed by atoms with van der Waals surface area (Å²) >= 11 is 0. The van der Waals surface area contributed by atoms with E-state index in [0.717, 1.165) is 26.2 Å². The summed E-state index contributed by atoms with van der Waals surface area (Å²) in [4.78, 5) is 2.39. The van der Waals surface area contributed by atoms with Crippen molar-refractivity contribution in [3.63, 3.8) is 0 Å². The summed E-state index contributed by atoms with van der Waals surface area (Å²) in [5.74, 6) is 0.694. The van der Waals surface area contributed by atoms with Gasteiger partial charge in [-0.3, -0.25) is 0 Å². The van der Waals surface area contributed by atoms with Crippen LogP contribution in [0.15, 0.2) is 12.3 Å². The van der Waals surface area contributed by atoms with Crippen molar-refractivity contribution in [1.82, 2.24) is 10.2 Å². The molecule has 0 radical (unpaired) electrons. The first kappa shape index (κ1) is 18.9. The second kappa shape index (κ2) is 13.6. The molecule has 0 rings (SSSR count). The fourth-order valence-corrected chi connectivity index (χ4v) is 1.67. The van der Waals surface area contributed by atoms with E-state index in [1.54, 1.807) is 0 Å². The number of nitrogens with zero attached hydrogens (tertiary/aromatic N) is 1. The molecule has 2 nitrogen and oxygen atoms in total. The van der Waals surface area contributed by atoms with Gasteiger partial charge >= 0.3 is 0 Å². The van der Waals surface area contributed by atoms with Crippen molar-refractivity contribution in [2.45, 2.75) is 54.4 Å². The van der Waals surface area contributed by atoms with Crippen LogP contribution in [0, 0.1) is 5.92 Å². The Morgan fingerprint density at radius 3 is 2.24 bits per heavy atom. The molecule has 2 heteroatoms. The van der Waals surface area contributed by atoms with Crippen LogP contribution < -0.4 is 5.32 Å². The Morgan fingerprint density at radius 2 is 1.82 bits per heavy atom. The van der Waals surface area contributed by atoms with E-state index in [0.29, 0.717) is 5.92 Å². The zero-order valence-corrected chi connectivity index (χ0v) is 13.0. The fraction of sp³-hybridized carbons (Fsp3) is 0.867. The molecule has 0 aliphatic heterocycles. The Bertz CT molecular complexity index is 166. The first-order valence-electron chi connectivity index (χ1n) is 7.22. The lowest BCUT2D eigenvalue weighted by atomic mass is 10.1. The molecule has 1 N–H and O–H groups in total.